The fourth-order valence-electron chi connectivity index (χ4n) is 4.45. The van der Waals surface area contributed by atoms with E-state index in [0.717, 1.165) is 40.1 Å². The van der Waals surface area contributed by atoms with E-state index in [0.29, 0.717) is 44.8 Å². The molecule has 4 heterocycles. The normalized spacial score (nSPS) is 14.9. The highest BCUT2D eigenvalue weighted by Crippen LogP contribution is 2.30. The summed E-state index contributed by atoms with van der Waals surface area (Å²) in [6, 6.07) is 2.64. The second kappa shape index (κ2) is 9.23. The number of rotatable bonds is 5. The van der Waals surface area contributed by atoms with E-state index in [4.69, 9.17) is 4.98 Å². The van der Waals surface area contributed by atoms with Gasteiger partial charge in [0.25, 0.3) is 0 Å². The van der Waals surface area contributed by atoms with Crippen molar-refractivity contribution in [3.05, 3.63) is 46.9 Å². The summed E-state index contributed by atoms with van der Waals surface area (Å²) in [6.45, 7) is 10.3. The summed E-state index contributed by atoms with van der Waals surface area (Å²) in [6.07, 6.45) is -0.717. The van der Waals surface area contributed by atoms with Crippen LogP contribution in [-0.2, 0) is 17.4 Å². The van der Waals surface area contributed by atoms with Crippen LogP contribution in [0.25, 0.3) is 11.0 Å². The summed E-state index contributed by atoms with van der Waals surface area (Å²) in [4.78, 5) is 25.3. The summed E-state index contributed by atoms with van der Waals surface area (Å²) in [7, 11) is 0. The smallest absolute Gasteiger partial charge is 0.353 e. The molecule has 0 saturated carbocycles. The Kier molecular flexibility index (Phi) is 6.51. The molecule has 182 valence electrons. The van der Waals surface area contributed by atoms with E-state index in [9.17, 15) is 18.0 Å². The zero-order valence-electron chi connectivity index (χ0n) is 19.9. The van der Waals surface area contributed by atoms with Crippen LogP contribution in [0.1, 0.15) is 48.7 Å². The molecule has 0 aromatic carbocycles. The van der Waals surface area contributed by atoms with Gasteiger partial charge in [0.2, 0.25) is 5.91 Å². The predicted molar refractivity (Wildman–Crippen MR) is 124 cm³/mol. The van der Waals surface area contributed by atoms with Crippen LogP contribution in [0.3, 0.4) is 0 Å². The van der Waals surface area contributed by atoms with Crippen LogP contribution in [0, 0.1) is 13.8 Å². The van der Waals surface area contributed by atoms with Gasteiger partial charge in [0.1, 0.15) is 5.82 Å². The van der Waals surface area contributed by atoms with Crippen molar-refractivity contribution in [3.8, 4) is 0 Å². The van der Waals surface area contributed by atoms with Crippen molar-refractivity contribution >= 4 is 22.8 Å². The third kappa shape index (κ3) is 4.71. The summed E-state index contributed by atoms with van der Waals surface area (Å²) < 4.78 is 40.2. The van der Waals surface area contributed by atoms with Gasteiger partial charge in [-0.1, -0.05) is 0 Å². The van der Waals surface area contributed by atoms with Crippen LogP contribution in [0.2, 0.25) is 0 Å². The van der Waals surface area contributed by atoms with Crippen LogP contribution < -0.4 is 4.90 Å². The summed E-state index contributed by atoms with van der Waals surface area (Å²) in [5.41, 5.74) is 3.21. The van der Waals surface area contributed by atoms with Crippen LogP contribution >= 0.6 is 0 Å². The molecule has 1 aliphatic heterocycles. The Hall–Kier alpha value is -3.17. The van der Waals surface area contributed by atoms with E-state index in [1.807, 2.05) is 27.6 Å². The lowest BCUT2D eigenvalue weighted by molar-refractivity contribution is -0.137. The number of piperazine rings is 1. The molecular formula is C24H29F3N6O. The van der Waals surface area contributed by atoms with Crippen LogP contribution in [0.5, 0.6) is 0 Å². The molecule has 0 spiro atoms. The molecule has 10 heteroatoms. The zero-order valence-corrected chi connectivity index (χ0v) is 19.9. The molecule has 0 unspecified atom stereocenters. The van der Waals surface area contributed by atoms with Gasteiger partial charge < -0.3 is 9.80 Å². The number of amides is 1. The predicted octanol–water partition coefficient (Wildman–Crippen LogP) is 4.32. The van der Waals surface area contributed by atoms with Gasteiger partial charge in [-0.2, -0.15) is 18.3 Å². The third-order valence-electron chi connectivity index (χ3n) is 6.45. The molecule has 3 aromatic rings. The molecule has 0 N–H and O–H groups in total. The average Bonchev–Trinajstić information content (AvgIpc) is 3.22. The number of aromatic nitrogens is 4. The largest absolute Gasteiger partial charge is 0.417 e. The molecule has 7 nitrogen and oxygen atoms in total. The van der Waals surface area contributed by atoms with E-state index in [2.05, 4.69) is 30.9 Å². The standard InChI is InChI=1S/C24H29F3N6O/c1-15(2)33-23-20(14-29-33)16(3)19(17(4)30-23)6-8-22(34)32-11-9-31(10-12-32)21-7-5-18(13-28-21)24(25,26)27/h5,7,13-15H,6,8-12H2,1-4H3. The molecular weight excluding hydrogens is 445 g/mol. The summed E-state index contributed by atoms with van der Waals surface area (Å²) >= 11 is 0. The number of alkyl halides is 3. The zero-order chi connectivity index (χ0) is 24.6. The molecule has 3 aromatic heterocycles. The topological polar surface area (TPSA) is 67.2 Å². The van der Waals surface area contributed by atoms with Crippen molar-refractivity contribution in [1.82, 2.24) is 24.6 Å². The maximum atomic E-state index is 12.9. The second-order valence-corrected chi connectivity index (χ2v) is 8.99. The number of nitrogens with zero attached hydrogens (tertiary/aromatic N) is 6. The lowest BCUT2D eigenvalue weighted by atomic mass is 10.00. The first-order valence-electron chi connectivity index (χ1n) is 11.5. The molecule has 0 atom stereocenters. The third-order valence-corrected chi connectivity index (χ3v) is 6.45. The number of carbonyl (C=O) groups excluding carboxylic acids is 1. The summed E-state index contributed by atoms with van der Waals surface area (Å²) in [5.74, 6) is 0.560. The Morgan fingerprint density at radius 3 is 2.38 bits per heavy atom. The van der Waals surface area contributed by atoms with Crippen LogP contribution in [0.15, 0.2) is 24.5 Å². The molecule has 0 bridgehead atoms. The minimum Gasteiger partial charge on any atom is -0.353 e. The van der Waals surface area contributed by atoms with Gasteiger partial charge >= 0.3 is 6.18 Å². The number of anilines is 1. The molecule has 1 saturated heterocycles. The van der Waals surface area contributed by atoms with Crippen molar-refractivity contribution in [2.75, 3.05) is 31.1 Å². The SMILES string of the molecule is Cc1nc2c(cnn2C(C)C)c(C)c1CCC(=O)N1CCN(c2ccc(C(F)(F)F)cn2)CC1. The first-order chi connectivity index (χ1) is 16.1. The Morgan fingerprint density at radius 1 is 1.09 bits per heavy atom. The minimum atomic E-state index is -4.40. The van der Waals surface area contributed by atoms with Crippen molar-refractivity contribution in [2.45, 2.75) is 52.8 Å². The quantitative estimate of drug-likeness (QED) is 0.551. The van der Waals surface area contributed by atoms with E-state index < -0.39 is 11.7 Å². The monoisotopic (exact) mass is 474 g/mol. The minimum absolute atomic E-state index is 0.0665. The highest BCUT2D eigenvalue weighted by atomic mass is 19.4. The molecule has 0 aliphatic carbocycles. The van der Waals surface area contributed by atoms with Gasteiger partial charge in [0, 0.05) is 55.9 Å². The number of hydrogen-bond acceptors (Lipinski definition) is 5. The van der Waals surface area contributed by atoms with Crippen molar-refractivity contribution in [3.63, 3.8) is 0 Å². The lowest BCUT2D eigenvalue weighted by Gasteiger charge is -2.35. The maximum Gasteiger partial charge on any atom is 0.417 e. The van der Waals surface area contributed by atoms with Gasteiger partial charge in [-0.25, -0.2) is 14.6 Å². The summed E-state index contributed by atoms with van der Waals surface area (Å²) in [5, 5.41) is 5.48. The highest BCUT2D eigenvalue weighted by Gasteiger charge is 2.31. The van der Waals surface area contributed by atoms with E-state index >= 15 is 0 Å². The van der Waals surface area contributed by atoms with E-state index in [-0.39, 0.29) is 11.9 Å². The lowest BCUT2D eigenvalue weighted by Crippen LogP contribution is -2.49. The van der Waals surface area contributed by atoms with E-state index in [1.165, 1.54) is 6.07 Å². The van der Waals surface area contributed by atoms with Crippen molar-refractivity contribution < 1.29 is 18.0 Å². The Morgan fingerprint density at radius 2 is 1.79 bits per heavy atom. The molecule has 4 rings (SSSR count). The number of pyridine rings is 2. The fourth-order valence-corrected chi connectivity index (χ4v) is 4.45. The fraction of sp³-hybridized carbons (Fsp3) is 0.500. The van der Waals surface area contributed by atoms with Crippen molar-refractivity contribution in [2.24, 2.45) is 0 Å². The molecule has 1 fully saturated rings. The maximum absolute atomic E-state index is 12.9. The van der Waals surface area contributed by atoms with Crippen LogP contribution in [-0.4, -0.2) is 56.7 Å². The van der Waals surface area contributed by atoms with Crippen molar-refractivity contribution in [1.29, 1.82) is 0 Å². The number of halogens is 3. The first kappa shape index (κ1) is 24.0. The molecule has 0 radical (unpaired) electrons. The Balaban J connectivity index is 1.36. The van der Waals surface area contributed by atoms with E-state index in [1.54, 1.807) is 0 Å². The van der Waals surface area contributed by atoms with Gasteiger partial charge in [0.15, 0.2) is 5.65 Å². The van der Waals surface area contributed by atoms with Crippen LogP contribution in [0.4, 0.5) is 19.0 Å². The number of hydrogen-bond donors (Lipinski definition) is 0. The Bertz CT molecular complexity index is 1180. The molecule has 34 heavy (non-hydrogen) atoms. The molecule has 1 amide bonds. The highest BCUT2D eigenvalue weighted by molar-refractivity contribution is 5.81. The van der Waals surface area contributed by atoms with Gasteiger partial charge in [0.05, 0.1) is 11.8 Å². The average molecular weight is 475 g/mol. The van der Waals surface area contributed by atoms with Gasteiger partial charge in [-0.3, -0.25) is 4.79 Å². The number of carbonyl (C=O) groups is 1. The van der Waals surface area contributed by atoms with Gasteiger partial charge in [-0.15, -0.1) is 0 Å². The number of aryl methyl sites for hydroxylation is 2. The second-order valence-electron chi connectivity index (χ2n) is 8.99. The molecule has 1 aliphatic rings. The number of fused-ring (bicyclic) bond motifs is 1. The Labute approximate surface area is 196 Å². The first-order valence-corrected chi connectivity index (χ1v) is 11.5. The van der Waals surface area contributed by atoms with Gasteiger partial charge in [-0.05, 0) is 57.4 Å².